The number of nitrogens with zero attached hydrogens (tertiary/aromatic N) is 2. The Balaban J connectivity index is 1.83. The van der Waals surface area contributed by atoms with Crippen molar-refractivity contribution in [3.8, 4) is 0 Å². The van der Waals surface area contributed by atoms with E-state index in [1.807, 2.05) is 0 Å². The summed E-state index contributed by atoms with van der Waals surface area (Å²) in [5.41, 5.74) is 5.61. The Kier molecular flexibility index (Phi) is 4.50. The molecule has 0 fully saturated rings. The van der Waals surface area contributed by atoms with Gasteiger partial charge in [0, 0.05) is 13.1 Å². The number of hydrogen-bond donors (Lipinski definition) is 1. The third-order valence-electron chi connectivity index (χ3n) is 4.07. The summed E-state index contributed by atoms with van der Waals surface area (Å²) in [6.45, 7) is 7.44. The van der Waals surface area contributed by atoms with Gasteiger partial charge in [0.2, 0.25) is 10.0 Å². The maximum Gasteiger partial charge on any atom is 0.249 e. The molecule has 2 aromatic rings. The van der Waals surface area contributed by atoms with Crippen LogP contribution in [0.3, 0.4) is 0 Å². The van der Waals surface area contributed by atoms with Crippen LogP contribution in [-0.4, -0.2) is 26.5 Å². The van der Waals surface area contributed by atoms with Crippen molar-refractivity contribution in [3.63, 3.8) is 0 Å². The Morgan fingerprint density at radius 3 is 2.33 bits per heavy atom. The topological polar surface area (TPSA) is 76.3 Å². The number of hydrogen-bond acceptors (Lipinski definition) is 5. The first-order valence-electron chi connectivity index (χ1n) is 7.77. The lowest BCUT2D eigenvalue weighted by Gasteiger charge is -2.26. The Hall–Kier alpha value is -1.70. The lowest BCUT2D eigenvalue weighted by molar-refractivity contribution is 0.599. The van der Waals surface area contributed by atoms with Crippen LogP contribution >= 0.6 is 11.3 Å². The van der Waals surface area contributed by atoms with Crippen molar-refractivity contribution < 1.29 is 8.42 Å². The van der Waals surface area contributed by atoms with Crippen molar-refractivity contribution in [2.45, 2.75) is 31.4 Å². The Morgan fingerprint density at radius 1 is 1.17 bits per heavy atom. The van der Waals surface area contributed by atoms with Gasteiger partial charge in [0.15, 0.2) is 9.34 Å². The van der Waals surface area contributed by atoms with Crippen molar-refractivity contribution in [3.05, 3.63) is 46.7 Å². The molecular formula is C17H21N3O2S2. The largest absolute Gasteiger partial charge is 0.344 e. The van der Waals surface area contributed by atoms with Crippen molar-refractivity contribution in [1.82, 2.24) is 4.98 Å². The Bertz CT molecular complexity index is 894. The van der Waals surface area contributed by atoms with E-state index in [0.29, 0.717) is 10.8 Å². The minimum atomic E-state index is -3.70. The van der Waals surface area contributed by atoms with Gasteiger partial charge in [-0.05, 0) is 38.3 Å². The molecule has 1 aliphatic heterocycles. The molecule has 0 unspecified atom stereocenters. The van der Waals surface area contributed by atoms with Crippen molar-refractivity contribution in [1.29, 1.82) is 0 Å². The number of rotatable bonds is 3. The molecule has 24 heavy (non-hydrogen) atoms. The summed E-state index contributed by atoms with van der Waals surface area (Å²) in [6.07, 6.45) is 3.11. The summed E-state index contributed by atoms with van der Waals surface area (Å²) in [5.74, 6) is 0. The Labute approximate surface area is 146 Å². The molecule has 0 saturated carbocycles. The second kappa shape index (κ2) is 6.31. The van der Waals surface area contributed by atoms with Gasteiger partial charge in [0.25, 0.3) is 0 Å². The predicted molar refractivity (Wildman–Crippen MR) is 98.9 cm³/mol. The standard InChI is InChI=1S/C17H21N3O2S2/c1-11-8-12(2)10-15(9-11)14-4-6-20(7-5-14)17-19-13(3)16(23-17)24(18,21)22/h4,8-10H,5-7H2,1-3H3,(H2,18,21,22). The second-order valence-electron chi connectivity index (χ2n) is 6.22. The number of aryl methyl sites for hydroxylation is 3. The SMILES string of the molecule is Cc1cc(C)cc(C2=CCN(c3nc(C)c(S(N)(=O)=O)s3)CC2)c1. The molecule has 0 saturated heterocycles. The smallest absolute Gasteiger partial charge is 0.249 e. The maximum atomic E-state index is 11.6. The average Bonchev–Trinajstić information content (AvgIpc) is 2.88. The number of aromatic nitrogens is 1. The van der Waals surface area contributed by atoms with E-state index in [9.17, 15) is 8.42 Å². The number of sulfonamides is 1. The van der Waals surface area contributed by atoms with Crippen molar-refractivity contribution in [2.75, 3.05) is 18.0 Å². The first-order chi connectivity index (χ1) is 11.2. The molecule has 7 heteroatoms. The Morgan fingerprint density at radius 2 is 1.83 bits per heavy atom. The zero-order valence-electron chi connectivity index (χ0n) is 14.0. The zero-order valence-corrected chi connectivity index (χ0v) is 15.7. The van der Waals surface area contributed by atoms with Gasteiger partial charge in [-0.25, -0.2) is 18.5 Å². The van der Waals surface area contributed by atoms with E-state index in [1.54, 1.807) is 6.92 Å². The molecule has 0 amide bonds. The quantitative estimate of drug-likeness (QED) is 0.909. The minimum absolute atomic E-state index is 0.154. The molecule has 1 aromatic carbocycles. The van der Waals surface area contributed by atoms with E-state index in [0.717, 1.165) is 30.8 Å². The van der Waals surface area contributed by atoms with E-state index in [2.05, 4.69) is 48.0 Å². The summed E-state index contributed by atoms with van der Waals surface area (Å²) in [7, 11) is -3.70. The summed E-state index contributed by atoms with van der Waals surface area (Å²) >= 11 is 1.15. The molecular weight excluding hydrogens is 342 g/mol. The fourth-order valence-electron chi connectivity index (χ4n) is 3.03. The van der Waals surface area contributed by atoms with Gasteiger partial charge < -0.3 is 4.90 Å². The van der Waals surface area contributed by atoms with Crippen LogP contribution in [0.25, 0.3) is 5.57 Å². The van der Waals surface area contributed by atoms with E-state index >= 15 is 0 Å². The van der Waals surface area contributed by atoms with E-state index < -0.39 is 10.0 Å². The molecule has 1 aromatic heterocycles. The van der Waals surface area contributed by atoms with Crippen LogP contribution in [0.5, 0.6) is 0 Å². The summed E-state index contributed by atoms with van der Waals surface area (Å²) in [5, 5.41) is 5.95. The highest BCUT2D eigenvalue weighted by atomic mass is 32.2. The molecule has 2 heterocycles. The van der Waals surface area contributed by atoms with Gasteiger partial charge in [-0.15, -0.1) is 0 Å². The van der Waals surface area contributed by atoms with Crippen LogP contribution in [0.2, 0.25) is 0 Å². The van der Waals surface area contributed by atoms with Crippen molar-refractivity contribution >= 4 is 32.1 Å². The molecule has 0 radical (unpaired) electrons. The second-order valence-corrected chi connectivity index (χ2v) is 8.95. The number of nitrogens with two attached hydrogens (primary N) is 1. The first-order valence-corrected chi connectivity index (χ1v) is 10.1. The number of thiazole rings is 1. The van der Waals surface area contributed by atoms with Crippen LogP contribution in [0.1, 0.15) is 28.8 Å². The van der Waals surface area contributed by atoms with Gasteiger partial charge in [0.05, 0.1) is 5.69 Å². The number of primary sulfonamides is 1. The predicted octanol–water partition coefficient (Wildman–Crippen LogP) is 3.01. The number of benzene rings is 1. The highest BCUT2D eigenvalue weighted by Gasteiger charge is 2.22. The fraction of sp³-hybridized carbons (Fsp3) is 0.353. The van der Waals surface area contributed by atoms with Crippen LogP contribution in [0, 0.1) is 20.8 Å². The average molecular weight is 364 g/mol. The summed E-state index contributed by atoms with van der Waals surface area (Å²) in [4.78, 5) is 6.48. The normalized spacial score (nSPS) is 15.5. The molecule has 3 rings (SSSR count). The van der Waals surface area contributed by atoms with Crippen molar-refractivity contribution in [2.24, 2.45) is 5.14 Å². The van der Waals surface area contributed by atoms with Gasteiger partial charge in [-0.1, -0.05) is 46.7 Å². The molecule has 0 atom stereocenters. The van der Waals surface area contributed by atoms with Gasteiger partial charge in [-0.2, -0.15) is 0 Å². The maximum absolute atomic E-state index is 11.6. The lowest BCUT2D eigenvalue weighted by atomic mass is 9.96. The highest BCUT2D eigenvalue weighted by molar-refractivity contribution is 7.91. The molecule has 1 aliphatic rings. The summed E-state index contributed by atoms with van der Waals surface area (Å²) in [6, 6.07) is 6.59. The van der Waals surface area contributed by atoms with Gasteiger partial charge in [-0.3, -0.25) is 0 Å². The van der Waals surface area contributed by atoms with E-state index in [4.69, 9.17) is 5.14 Å². The monoisotopic (exact) mass is 363 g/mol. The molecule has 0 aliphatic carbocycles. The third-order valence-corrected chi connectivity index (χ3v) is 6.85. The fourth-order valence-corrected chi connectivity index (χ4v) is 5.02. The zero-order chi connectivity index (χ0) is 17.5. The van der Waals surface area contributed by atoms with Crippen LogP contribution in [0.15, 0.2) is 28.5 Å². The van der Waals surface area contributed by atoms with Gasteiger partial charge >= 0.3 is 0 Å². The third kappa shape index (κ3) is 3.53. The van der Waals surface area contributed by atoms with Crippen LogP contribution in [-0.2, 0) is 10.0 Å². The highest BCUT2D eigenvalue weighted by Crippen LogP contribution is 2.32. The molecule has 0 bridgehead atoms. The minimum Gasteiger partial charge on any atom is -0.344 e. The molecule has 0 spiro atoms. The van der Waals surface area contributed by atoms with Crippen LogP contribution < -0.4 is 10.0 Å². The first kappa shape index (κ1) is 17.1. The summed E-state index contributed by atoms with van der Waals surface area (Å²) < 4.78 is 23.3. The molecule has 128 valence electrons. The molecule has 5 nitrogen and oxygen atoms in total. The molecule has 2 N–H and O–H groups in total. The lowest BCUT2D eigenvalue weighted by Crippen LogP contribution is -2.28. The number of anilines is 1. The van der Waals surface area contributed by atoms with Crippen LogP contribution in [0.4, 0.5) is 5.13 Å². The van der Waals surface area contributed by atoms with E-state index in [1.165, 1.54) is 22.3 Å². The van der Waals surface area contributed by atoms with Gasteiger partial charge in [0.1, 0.15) is 0 Å². The van der Waals surface area contributed by atoms with E-state index in [-0.39, 0.29) is 4.21 Å².